The Morgan fingerprint density at radius 2 is 1.12 bits per heavy atom. The molecule has 0 aliphatic heterocycles. The Labute approximate surface area is 147 Å². The third-order valence-electron chi connectivity index (χ3n) is 2.36. The molecule has 0 saturated carbocycles. The van der Waals surface area contributed by atoms with E-state index in [4.69, 9.17) is 28.3 Å². The van der Waals surface area contributed by atoms with Crippen molar-refractivity contribution in [2.45, 2.75) is 14.9 Å². The lowest BCUT2D eigenvalue weighted by atomic mass is 10.2. The zero-order valence-corrected chi connectivity index (χ0v) is 12.1. The second-order valence-electron chi connectivity index (χ2n) is 3.85. The second kappa shape index (κ2) is 10.7. The van der Waals surface area contributed by atoms with E-state index >= 15 is 0 Å². The van der Waals surface area contributed by atoms with Gasteiger partial charge in [-0.1, -0.05) is 38.1 Å². The van der Waals surface area contributed by atoms with Crippen LogP contribution in [0.2, 0.25) is 10.0 Å². The van der Waals surface area contributed by atoms with Gasteiger partial charge in [0.25, 0.3) is 0 Å². The monoisotopic (exact) mass is 382 g/mol. The van der Waals surface area contributed by atoms with Gasteiger partial charge in [-0.2, -0.15) is 0 Å². The zero-order valence-electron chi connectivity index (χ0n) is 10.6. The third kappa shape index (κ3) is 6.22. The van der Waals surface area contributed by atoms with Crippen molar-refractivity contribution >= 4 is 35.8 Å². The number of aromatic hydroxyl groups is 1. The lowest BCUT2D eigenvalue weighted by molar-refractivity contribution is 0.111. The molecule has 0 aliphatic rings. The summed E-state index contributed by atoms with van der Waals surface area (Å²) in [5.74, 6) is -3.53. The summed E-state index contributed by atoms with van der Waals surface area (Å²) in [6.45, 7) is 0. The molecule has 0 radical (unpaired) electrons. The first-order valence-electron chi connectivity index (χ1n) is 5.53. The summed E-state index contributed by atoms with van der Waals surface area (Å²) in [6, 6.07) is 3.39. The maximum atomic E-state index is 12.5. The molecule has 0 heterocycles. The van der Waals surface area contributed by atoms with Crippen LogP contribution in [-0.2, 0) is 0 Å². The van der Waals surface area contributed by atoms with E-state index in [2.05, 4.69) is 0 Å². The number of rotatable bonds is 2. The number of carbonyl (C=O) groups excluding carboxylic acids is 2. The van der Waals surface area contributed by atoms with Gasteiger partial charge in [-0.25, -0.2) is 13.2 Å². The number of carbonyl (C=O) groups is 2. The SMILES string of the molecule is C.C.O=Cc1cc(F)c(F)cc1Cl.O=Cc1cc(F)c(O)cc1Cl. The average Bonchev–Trinajstić information content (AvgIpc) is 2.47. The molecule has 0 atom stereocenters. The van der Waals surface area contributed by atoms with E-state index in [-0.39, 0.29) is 36.0 Å². The Balaban J connectivity index is 0. The molecule has 0 bridgehead atoms. The minimum atomic E-state index is -1.07. The van der Waals surface area contributed by atoms with E-state index in [0.29, 0.717) is 12.6 Å². The predicted molar refractivity (Wildman–Crippen MR) is 88.7 cm³/mol. The number of hydrogen-bond acceptors (Lipinski definition) is 3. The number of benzene rings is 2. The van der Waals surface area contributed by atoms with Crippen molar-refractivity contribution in [2.75, 3.05) is 0 Å². The van der Waals surface area contributed by atoms with Gasteiger partial charge in [-0.3, -0.25) is 9.59 Å². The lowest BCUT2D eigenvalue weighted by Crippen LogP contribution is -1.88. The predicted octanol–water partition coefficient (Wildman–Crippen LogP) is 5.70. The van der Waals surface area contributed by atoms with Crippen LogP contribution in [0.15, 0.2) is 24.3 Å². The van der Waals surface area contributed by atoms with E-state index < -0.39 is 23.2 Å². The number of hydrogen-bond donors (Lipinski definition) is 1. The van der Waals surface area contributed by atoms with Crippen molar-refractivity contribution in [1.29, 1.82) is 0 Å². The summed E-state index contributed by atoms with van der Waals surface area (Å²) in [5, 5.41) is 8.70. The van der Waals surface area contributed by atoms with Gasteiger partial charge in [0.15, 0.2) is 35.8 Å². The fraction of sp³-hybridized carbons (Fsp3) is 0.125. The first-order valence-corrected chi connectivity index (χ1v) is 6.28. The molecule has 3 nitrogen and oxygen atoms in total. The lowest BCUT2D eigenvalue weighted by Gasteiger charge is -1.97. The summed E-state index contributed by atoms with van der Waals surface area (Å²) in [6.07, 6.45) is 0.787. The van der Waals surface area contributed by atoms with Crippen LogP contribution < -0.4 is 0 Å². The molecule has 0 saturated heterocycles. The van der Waals surface area contributed by atoms with Crippen LogP contribution in [0.25, 0.3) is 0 Å². The zero-order chi connectivity index (χ0) is 16.9. The first kappa shape index (κ1) is 24.2. The normalized spacial score (nSPS) is 8.88. The molecule has 0 aromatic heterocycles. The number of phenolic OH excluding ortho intramolecular Hbond substituents is 1. The molecule has 132 valence electrons. The van der Waals surface area contributed by atoms with Gasteiger partial charge in [0.2, 0.25) is 0 Å². The van der Waals surface area contributed by atoms with Gasteiger partial charge in [0, 0.05) is 17.2 Å². The highest BCUT2D eigenvalue weighted by Crippen LogP contribution is 2.23. The van der Waals surface area contributed by atoms with Gasteiger partial charge >= 0.3 is 0 Å². The van der Waals surface area contributed by atoms with Crippen molar-refractivity contribution in [2.24, 2.45) is 0 Å². The molecule has 0 fully saturated rings. The van der Waals surface area contributed by atoms with Crippen molar-refractivity contribution in [3.63, 3.8) is 0 Å². The largest absolute Gasteiger partial charge is 0.505 e. The molecule has 0 unspecified atom stereocenters. The highest BCUT2D eigenvalue weighted by Gasteiger charge is 2.07. The van der Waals surface area contributed by atoms with Crippen molar-refractivity contribution in [3.8, 4) is 5.75 Å². The minimum Gasteiger partial charge on any atom is -0.505 e. The summed E-state index contributed by atoms with van der Waals surface area (Å²) in [5.41, 5.74) is -0.0208. The van der Waals surface area contributed by atoms with E-state index in [1.165, 1.54) is 0 Å². The van der Waals surface area contributed by atoms with Crippen LogP contribution in [0.1, 0.15) is 35.6 Å². The van der Waals surface area contributed by atoms with Crippen LogP contribution in [0.3, 0.4) is 0 Å². The van der Waals surface area contributed by atoms with Gasteiger partial charge in [0.05, 0.1) is 10.0 Å². The summed E-state index contributed by atoms with van der Waals surface area (Å²) < 4.78 is 37.2. The van der Waals surface area contributed by atoms with Crippen LogP contribution in [0.5, 0.6) is 5.75 Å². The molecule has 24 heavy (non-hydrogen) atoms. The molecule has 2 rings (SSSR count). The maximum absolute atomic E-state index is 12.5. The first-order chi connectivity index (χ1) is 10.3. The number of aldehydes is 2. The molecule has 0 spiro atoms. The Hall–Kier alpha value is -2.05. The fourth-order valence-corrected chi connectivity index (χ4v) is 1.67. The van der Waals surface area contributed by atoms with E-state index in [0.717, 1.165) is 24.3 Å². The number of halogens is 5. The highest BCUT2D eigenvalue weighted by molar-refractivity contribution is 6.33. The molecular formula is C16H15Cl2F3O3. The molecule has 8 heteroatoms. The Kier molecular flexibility index (Phi) is 10.8. The smallest absolute Gasteiger partial charge is 0.165 e. The molecule has 1 N–H and O–H groups in total. The van der Waals surface area contributed by atoms with Crippen LogP contribution in [0.4, 0.5) is 13.2 Å². The van der Waals surface area contributed by atoms with E-state index in [1.807, 2.05) is 0 Å². The van der Waals surface area contributed by atoms with Crippen molar-refractivity contribution < 1.29 is 27.9 Å². The topological polar surface area (TPSA) is 54.4 Å². The Bertz CT molecular complexity index is 661. The fourth-order valence-electron chi connectivity index (χ4n) is 1.27. The summed E-state index contributed by atoms with van der Waals surface area (Å²) in [7, 11) is 0. The molecular weight excluding hydrogens is 368 g/mol. The van der Waals surface area contributed by atoms with Gasteiger partial charge in [-0.05, 0) is 18.2 Å². The van der Waals surface area contributed by atoms with Crippen LogP contribution in [-0.4, -0.2) is 17.7 Å². The molecule has 2 aromatic rings. The second-order valence-corrected chi connectivity index (χ2v) is 4.66. The minimum absolute atomic E-state index is 0. The molecule has 0 amide bonds. The van der Waals surface area contributed by atoms with Crippen LogP contribution in [0, 0.1) is 17.5 Å². The van der Waals surface area contributed by atoms with Crippen LogP contribution >= 0.6 is 23.2 Å². The van der Waals surface area contributed by atoms with Gasteiger partial charge in [0.1, 0.15) is 0 Å². The highest BCUT2D eigenvalue weighted by atomic mass is 35.5. The van der Waals surface area contributed by atoms with Gasteiger partial charge in [-0.15, -0.1) is 0 Å². The average molecular weight is 383 g/mol. The van der Waals surface area contributed by atoms with E-state index in [1.54, 1.807) is 0 Å². The third-order valence-corrected chi connectivity index (χ3v) is 3.01. The Morgan fingerprint density at radius 1 is 0.750 bits per heavy atom. The van der Waals surface area contributed by atoms with Crippen molar-refractivity contribution in [3.05, 3.63) is 62.9 Å². The van der Waals surface area contributed by atoms with Crippen molar-refractivity contribution in [1.82, 2.24) is 0 Å². The standard InChI is InChI=1S/C7H3ClF2O.C7H4ClFO2.2CH4/c8-5-2-7(10)6(9)1-4(5)3-11;8-5-2-7(11)6(9)1-4(5)3-10;;/h1-3H;1-3,11H;2*1H4. The molecule has 2 aromatic carbocycles. The van der Waals surface area contributed by atoms with Gasteiger partial charge < -0.3 is 5.11 Å². The number of phenols is 1. The maximum Gasteiger partial charge on any atom is 0.165 e. The summed E-state index contributed by atoms with van der Waals surface area (Å²) >= 11 is 10.8. The Morgan fingerprint density at radius 3 is 1.58 bits per heavy atom. The molecule has 0 aliphatic carbocycles. The van der Waals surface area contributed by atoms with E-state index in [9.17, 15) is 22.8 Å². The summed E-state index contributed by atoms with van der Waals surface area (Å²) in [4.78, 5) is 20.3. The quantitative estimate of drug-likeness (QED) is 0.535.